The Balaban J connectivity index is 1.72. The highest BCUT2D eigenvalue weighted by molar-refractivity contribution is 5.96. The van der Waals surface area contributed by atoms with Crippen molar-refractivity contribution in [2.24, 2.45) is 7.05 Å². The molecule has 0 aromatic carbocycles. The molecule has 5 heteroatoms. The van der Waals surface area contributed by atoms with Crippen LogP contribution in [0.25, 0.3) is 0 Å². The molecule has 0 bridgehead atoms. The quantitative estimate of drug-likeness (QED) is 0.819. The number of likely N-dealkylation sites (tertiary alicyclic amines) is 2. The molecule has 2 saturated heterocycles. The molecule has 1 aromatic rings. The fraction of sp³-hybridized carbons (Fsp3) is 0.733. The zero-order valence-corrected chi connectivity index (χ0v) is 12.7. The second-order valence-electron chi connectivity index (χ2n) is 6.11. The van der Waals surface area contributed by atoms with E-state index in [9.17, 15) is 4.79 Å². The van der Waals surface area contributed by atoms with Gasteiger partial charge in [-0.3, -0.25) is 14.4 Å². The molecular weight excluding hydrogens is 252 g/mol. The average molecular weight is 276 g/mol. The summed E-state index contributed by atoms with van der Waals surface area (Å²) >= 11 is 0. The smallest absolute Gasteiger partial charge is 0.257 e. The van der Waals surface area contributed by atoms with Crippen LogP contribution in [0, 0.1) is 13.8 Å². The Labute approximate surface area is 120 Å². The van der Waals surface area contributed by atoms with E-state index in [1.165, 1.54) is 25.9 Å². The monoisotopic (exact) mass is 276 g/mol. The zero-order valence-electron chi connectivity index (χ0n) is 12.7. The largest absolute Gasteiger partial charge is 0.337 e. The van der Waals surface area contributed by atoms with Gasteiger partial charge < -0.3 is 4.90 Å². The summed E-state index contributed by atoms with van der Waals surface area (Å²) in [7, 11) is 1.90. The van der Waals surface area contributed by atoms with Gasteiger partial charge in [-0.2, -0.15) is 5.10 Å². The van der Waals surface area contributed by atoms with Crippen LogP contribution < -0.4 is 0 Å². The van der Waals surface area contributed by atoms with Crippen LogP contribution in [0.5, 0.6) is 0 Å². The maximum Gasteiger partial charge on any atom is 0.257 e. The molecule has 2 aliphatic rings. The molecule has 0 saturated carbocycles. The fourth-order valence-corrected chi connectivity index (χ4v) is 3.57. The van der Waals surface area contributed by atoms with Gasteiger partial charge in [-0.15, -0.1) is 0 Å². The minimum atomic E-state index is 0.162. The molecule has 0 spiro atoms. The van der Waals surface area contributed by atoms with Crippen molar-refractivity contribution >= 4 is 5.91 Å². The summed E-state index contributed by atoms with van der Waals surface area (Å²) in [5.41, 5.74) is 2.62. The molecule has 0 aliphatic carbocycles. The van der Waals surface area contributed by atoms with Gasteiger partial charge >= 0.3 is 0 Å². The fourth-order valence-electron chi connectivity index (χ4n) is 3.57. The van der Waals surface area contributed by atoms with Gasteiger partial charge in [0.05, 0.1) is 11.3 Å². The Morgan fingerprint density at radius 3 is 2.50 bits per heavy atom. The maximum absolute atomic E-state index is 12.7. The zero-order chi connectivity index (χ0) is 14.3. The average Bonchev–Trinajstić information content (AvgIpc) is 3.12. The molecule has 3 heterocycles. The van der Waals surface area contributed by atoms with Crippen molar-refractivity contribution < 1.29 is 4.79 Å². The lowest BCUT2D eigenvalue weighted by Gasteiger charge is -2.23. The highest BCUT2D eigenvalue weighted by atomic mass is 16.2. The third kappa shape index (κ3) is 2.24. The first-order valence-electron chi connectivity index (χ1n) is 7.61. The van der Waals surface area contributed by atoms with Gasteiger partial charge in [-0.25, -0.2) is 0 Å². The Morgan fingerprint density at radius 1 is 1.20 bits per heavy atom. The summed E-state index contributed by atoms with van der Waals surface area (Å²) in [5, 5.41) is 4.36. The van der Waals surface area contributed by atoms with Crippen molar-refractivity contribution in [1.82, 2.24) is 19.6 Å². The highest BCUT2D eigenvalue weighted by Gasteiger charge is 2.33. The molecule has 3 rings (SSSR count). The van der Waals surface area contributed by atoms with Gasteiger partial charge in [0.15, 0.2) is 0 Å². The summed E-state index contributed by atoms with van der Waals surface area (Å²) in [4.78, 5) is 17.3. The van der Waals surface area contributed by atoms with E-state index >= 15 is 0 Å². The van der Waals surface area contributed by atoms with Crippen LogP contribution in [-0.2, 0) is 7.05 Å². The standard InChI is InChI=1S/C15H24N4O/c1-11-14(12(2)17(3)16-11)15(20)19-9-6-13(10-19)18-7-4-5-8-18/h13H,4-10H2,1-3H3. The van der Waals surface area contributed by atoms with Crippen molar-refractivity contribution in [2.75, 3.05) is 26.2 Å². The Hall–Kier alpha value is -1.36. The lowest BCUT2D eigenvalue weighted by atomic mass is 10.1. The molecular formula is C15H24N4O. The van der Waals surface area contributed by atoms with Gasteiger partial charge in [0.1, 0.15) is 0 Å². The molecule has 5 nitrogen and oxygen atoms in total. The van der Waals surface area contributed by atoms with Crippen molar-refractivity contribution in [1.29, 1.82) is 0 Å². The highest BCUT2D eigenvalue weighted by Crippen LogP contribution is 2.23. The minimum absolute atomic E-state index is 0.162. The Morgan fingerprint density at radius 2 is 1.90 bits per heavy atom. The molecule has 2 fully saturated rings. The molecule has 1 atom stereocenters. The lowest BCUT2D eigenvalue weighted by molar-refractivity contribution is 0.0778. The van der Waals surface area contributed by atoms with Crippen LogP contribution in [-0.4, -0.2) is 57.7 Å². The van der Waals surface area contributed by atoms with E-state index in [2.05, 4.69) is 10.00 Å². The first-order valence-corrected chi connectivity index (χ1v) is 7.61. The second-order valence-corrected chi connectivity index (χ2v) is 6.11. The van der Waals surface area contributed by atoms with Crippen LogP contribution in [0.15, 0.2) is 0 Å². The molecule has 0 N–H and O–H groups in total. The first-order chi connectivity index (χ1) is 9.58. The predicted octanol–water partition coefficient (Wildman–Crippen LogP) is 1.35. The summed E-state index contributed by atoms with van der Waals surface area (Å²) in [5.74, 6) is 0.162. The SMILES string of the molecule is Cc1nn(C)c(C)c1C(=O)N1CCC(N2CCCC2)C1. The number of nitrogens with zero attached hydrogens (tertiary/aromatic N) is 4. The van der Waals surface area contributed by atoms with Crippen LogP contribution in [0.1, 0.15) is 41.0 Å². The third-order valence-electron chi connectivity index (χ3n) is 4.83. The number of amides is 1. The van der Waals surface area contributed by atoms with Crippen molar-refractivity contribution in [3.8, 4) is 0 Å². The number of carbonyl (C=O) groups excluding carboxylic acids is 1. The summed E-state index contributed by atoms with van der Waals surface area (Å²) in [6.45, 7) is 8.07. The van der Waals surface area contributed by atoms with Gasteiger partial charge in [0.2, 0.25) is 0 Å². The Kier molecular flexibility index (Phi) is 3.54. The van der Waals surface area contributed by atoms with Gasteiger partial charge in [-0.05, 0) is 46.2 Å². The summed E-state index contributed by atoms with van der Waals surface area (Å²) < 4.78 is 1.80. The van der Waals surface area contributed by atoms with Gasteiger partial charge in [-0.1, -0.05) is 0 Å². The Bertz CT molecular complexity index is 516. The van der Waals surface area contributed by atoms with E-state index in [-0.39, 0.29) is 5.91 Å². The van der Waals surface area contributed by atoms with Crippen molar-refractivity contribution in [3.05, 3.63) is 17.0 Å². The van der Waals surface area contributed by atoms with E-state index < -0.39 is 0 Å². The maximum atomic E-state index is 12.7. The van der Waals surface area contributed by atoms with Crippen LogP contribution >= 0.6 is 0 Å². The summed E-state index contributed by atoms with van der Waals surface area (Å²) in [6, 6.07) is 0.568. The minimum Gasteiger partial charge on any atom is -0.337 e. The van der Waals surface area contributed by atoms with E-state index in [1.54, 1.807) is 4.68 Å². The predicted molar refractivity (Wildman–Crippen MR) is 77.8 cm³/mol. The number of aromatic nitrogens is 2. The van der Waals surface area contributed by atoms with Gasteiger partial charge in [0, 0.05) is 31.9 Å². The van der Waals surface area contributed by atoms with E-state index in [0.29, 0.717) is 6.04 Å². The normalized spacial score (nSPS) is 23.8. The third-order valence-corrected chi connectivity index (χ3v) is 4.83. The molecule has 1 amide bonds. The molecule has 1 aromatic heterocycles. The van der Waals surface area contributed by atoms with E-state index in [0.717, 1.165) is 36.5 Å². The number of hydrogen-bond donors (Lipinski definition) is 0. The second kappa shape index (κ2) is 5.20. The first kappa shape index (κ1) is 13.6. The number of hydrogen-bond acceptors (Lipinski definition) is 3. The topological polar surface area (TPSA) is 41.4 Å². The molecule has 0 radical (unpaired) electrons. The van der Waals surface area contributed by atoms with Crippen LogP contribution in [0.3, 0.4) is 0 Å². The lowest BCUT2D eigenvalue weighted by Crippen LogP contribution is -2.37. The molecule has 1 unspecified atom stereocenters. The van der Waals surface area contributed by atoms with E-state index in [4.69, 9.17) is 0 Å². The van der Waals surface area contributed by atoms with Crippen molar-refractivity contribution in [3.63, 3.8) is 0 Å². The van der Waals surface area contributed by atoms with Crippen LogP contribution in [0.4, 0.5) is 0 Å². The molecule has 110 valence electrons. The molecule has 2 aliphatic heterocycles. The van der Waals surface area contributed by atoms with Crippen LogP contribution in [0.2, 0.25) is 0 Å². The number of aryl methyl sites for hydroxylation is 2. The van der Waals surface area contributed by atoms with Crippen molar-refractivity contribution in [2.45, 2.75) is 39.2 Å². The summed E-state index contributed by atoms with van der Waals surface area (Å²) in [6.07, 6.45) is 3.74. The molecule has 20 heavy (non-hydrogen) atoms. The van der Waals surface area contributed by atoms with E-state index in [1.807, 2.05) is 25.8 Å². The van der Waals surface area contributed by atoms with Gasteiger partial charge in [0.25, 0.3) is 5.91 Å². The number of rotatable bonds is 2. The number of carbonyl (C=O) groups is 1.